The van der Waals surface area contributed by atoms with Gasteiger partial charge in [0.15, 0.2) is 0 Å². The molecular weight excluding hydrogens is 484 g/mol. The third kappa shape index (κ3) is 5.17. The highest BCUT2D eigenvalue weighted by molar-refractivity contribution is 7.89. The number of ether oxygens (including phenoxy) is 1. The van der Waals surface area contributed by atoms with Gasteiger partial charge in [-0.05, 0) is 62.2 Å². The van der Waals surface area contributed by atoms with Gasteiger partial charge in [-0.3, -0.25) is 10.0 Å². The minimum Gasteiger partial charge on any atom is -0.489 e. The fourth-order valence-corrected chi connectivity index (χ4v) is 5.53. The van der Waals surface area contributed by atoms with Crippen LogP contribution in [0.2, 0.25) is 0 Å². The third-order valence-corrected chi connectivity index (χ3v) is 7.66. The van der Waals surface area contributed by atoms with E-state index in [4.69, 9.17) is 9.94 Å². The molecule has 1 amide bonds. The van der Waals surface area contributed by atoms with E-state index in [9.17, 15) is 35.9 Å². The molecule has 0 saturated carbocycles. The molecule has 0 aliphatic carbocycles. The van der Waals surface area contributed by atoms with E-state index in [0.717, 1.165) is 16.4 Å². The van der Waals surface area contributed by atoms with Crippen LogP contribution in [-0.2, 0) is 27.6 Å². The second kappa shape index (κ2) is 9.49. The Morgan fingerprint density at radius 3 is 2.47 bits per heavy atom. The maximum absolute atomic E-state index is 13.4. The lowest BCUT2D eigenvalue weighted by molar-refractivity contribution is -0.141. The van der Waals surface area contributed by atoms with Crippen LogP contribution < -0.4 is 10.2 Å². The molecule has 34 heavy (non-hydrogen) atoms. The molecule has 2 atom stereocenters. The topological polar surface area (TPSA) is 116 Å². The number of carbonyl (C=O) groups excluding carboxylic acids is 1. The number of nitrogens with zero attached hydrogens (tertiary/aromatic N) is 1. The summed E-state index contributed by atoms with van der Waals surface area (Å²) in [7, 11) is -4.33. The van der Waals surface area contributed by atoms with Crippen molar-refractivity contribution < 1.29 is 45.8 Å². The van der Waals surface area contributed by atoms with Crippen LogP contribution in [0.25, 0.3) is 0 Å². The number of benzene rings is 2. The van der Waals surface area contributed by atoms with Gasteiger partial charge in [-0.25, -0.2) is 18.3 Å². The molecule has 186 valence electrons. The molecule has 0 bridgehead atoms. The molecule has 1 aliphatic heterocycles. The van der Waals surface area contributed by atoms with Crippen molar-refractivity contribution in [2.45, 2.75) is 49.1 Å². The molecule has 3 N–H and O–H groups in total. The number of carbonyl (C=O) groups is 1. The Morgan fingerprint density at radius 1 is 1.24 bits per heavy atom. The highest BCUT2D eigenvalue weighted by atomic mass is 32.2. The van der Waals surface area contributed by atoms with Gasteiger partial charge in [0.1, 0.15) is 23.7 Å². The number of piperidine rings is 1. The van der Waals surface area contributed by atoms with Crippen molar-refractivity contribution in [2.75, 3.05) is 6.54 Å². The Kier molecular flexibility index (Phi) is 7.22. The maximum atomic E-state index is 13.4. The average molecular weight is 506 g/mol. The molecule has 0 unspecified atom stereocenters. The van der Waals surface area contributed by atoms with Gasteiger partial charge in [-0.1, -0.05) is 0 Å². The Balaban J connectivity index is 1.83. The van der Waals surface area contributed by atoms with Crippen LogP contribution >= 0.6 is 0 Å². The molecule has 0 radical (unpaired) electrons. The van der Waals surface area contributed by atoms with E-state index in [-0.39, 0.29) is 30.0 Å². The first-order chi connectivity index (χ1) is 15.8. The summed E-state index contributed by atoms with van der Waals surface area (Å²) in [5.74, 6) is -1.81. The smallest absolute Gasteiger partial charge is 0.416 e. The van der Waals surface area contributed by atoms with Gasteiger partial charge < -0.3 is 9.84 Å². The van der Waals surface area contributed by atoms with Crippen LogP contribution in [0.1, 0.15) is 30.9 Å². The second-order valence-electron chi connectivity index (χ2n) is 8.00. The summed E-state index contributed by atoms with van der Waals surface area (Å²) in [6, 6.07) is 6.64. The highest BCUT2D eigenvalue weighted by Gasteiger charge is 2.49. The van der Waals surface area contributed by atoms with Crippen molar-refractivity contribution >= 4 is 15.9 Å². The van der Waals surface area contributed by atoms with E-state index < -0.39 is 57.3 Å². The normalized spacial score (nSPS) is 21.8. The first-order valence-corrected chi connectivity index (χ1v) is 11.5. The largest absolute Gasteiger partial charge is 0.489 e. The van der Waals surface area contributed by atoms with Crippen LogP contribution in [0.4, 0.5) is 17.6 Å². The minimum absolute atomic E-state index is 0.0193. The zero-order valence-corrected chi connectivity index (χ0v) is 18.7. The molecule has 8 nitrogen and oxygen atoms in total. The van der Waals surface area contributed by atoms with Crippen molar-refractivity contribution in [3.63, 3.8) is 0 Å². The zero-order valence-electron chi connectivity index (χ0n) is 17.8. The van der Waals surface area contributed by atoms with Gasteiger partial charge >= 0.3 is 6.18 Å². The van der Waals surface area contributed by atoms with Crippen LogP contribution in [0, 0.1) is 5.82 Å². The van der Waals surface area contributed by atoms with Crippen molar-refractivity contribution in [1.82, 2.24) is 9.79 Å². The van der Waals surface area contributed by atoms with E-state index in [0.29, 0.717) is 18.2 Å². The van der Waals surface area contributed by atoms with E-state index in [1.165, 1.54) is 24.5 Å². The predicted molar refractivity (Wildman–Crippen MR) is 110 cm³/mol. The van der Waals surface area contributed by atoms with Crippen LogP contribution in [0.15, 0.2) is 47.4 Å². The van der Waals surface area contributed by atoms with Gasteiger partial charge in [0, 0.05) is 12.1 Å². The number of halogens is 4. The number of alkyl halides is 3. The number of sulfonamides is 1. The first kappa shape index (κ1) is 25.9. The number of amides is 1. The predicted octanol–water partition coefficient (Wildman–Crippen LogP) is 2.83. The SMILES string of the molecule is C[C@]1(C(=O)NO)CC[C@@H](O)CN1S(=O)(=O)c1ccc(OCc2cc(F)ccc2C(F)(F)F)cc1. The number of β-amino-alcohol motifs (C(OH)–C–C–N with tert-alkyl or cyclic N) is 1. The van der Waals surface area contributed by atoms with Crippen molar-refractivity contribution in [2.24, 2.45) is 0 Å². The summed E-state index contributed by atoms with van der Waals surface area (Å²) in [6.45, 7) is 0.312. The fourth-order valence-electron chi connectivity index (χ4n) is 3.72. The van der Waals surface area contributed by atoms with Crippen LogP contribution in [-0.4, -0.2) is 47.1 Å². The number of nitrogens with one attached hydrogen (secondary N) is 1. The lowest BCUT2D eigenvalue weighted by atomic mass is 9.89. The third-order valence-electron chi connectivity index (χ3n) is 5.66. The minimum atomic E-state index is -4.71. The van der Waals surface area contributed by atoms with E-state index >= 15 is 0 Å². The molecule has 2 aromatic rings. The number of rotatable bonds is 6. The maximum Gasteiger partial charge on any atom is 0.416 e. The van der Waals surface area contributed by atoms with E-state index in [1.54, 1.807) is 0 Å². The molecule has 1 heterocycles. The van der Waals surface area contributed by atoms with Crippen LogP contribution in [0.3, 0.4) is 0 Å². The van der Waals surface area contributed by atoms with Crippen molar-refractivity contribution in [3.05, 3.63) is 59.4 Å². The summed E-state index contributed by atoms with van der Waals surface area (Å²) in [6.07, 6.45) is -5.64. The zero-order chi connectivity index (χ0) is 25.3. The Bertz CT molecular complexity index is 1160. The van der Waals surface area contributed by atoms with E-state index in [1.807, 2.05) is 0 Å². The lowest BCUT2D eigenvalue weighted by Crippen LogP contribution is -2.62. The molecule has 13 heteroatoms. The summed E-state index contributed by atoms with van der Waals surface area (Å²) in [5, 5.41) is 19.0. The molecule has 1 saturated heterocycles. The Labute approximate surface area is 192 Å². The Morgan fingerprint density at radius 2 is 1.88 bits per heavy atom. The quantitative estimate of drug-likeness (QED) is 0.315. The lowest BCUT2D eigenvalue weighted by Gasteiger charge is -2.43. The van der Waals surface area contributed by atoms with Gasteiger partial charge in [0.05, 0.1) is 16.6 Å². The fraction of sp³-hybridized carbons (Fsp3) is 0.381. The summed E-state index contributed by atoms with van der Waals surface area (Å²) in [4.78, 5) is 11.9. The van der Waals surface area contributed by atoms with Gasteiger partial charge in [-0.2, -0.15) is 17.5 Å². The Hall–Kier alpha value is -2.74. The number of hydroxylamine groups is 1. The molecule has 1 fully saturated rings. The number of aliphatic hydroxyl groups is 1. The van der Waals surface area contributed by atoms with Crippen LogP contribution in [0.5, 0.6) is 5.75 Å². The standard InChI is InChI=1S/C21H22F4N2O6S/c1-20(19(29)26-30)9-8-15(28)11-27(20)34(31,32)17-5-3-16(4-6-17)33-12-13-10-14(22)2-7-18(13)21(23,24)25/h2-7,10,15,28,30H,8-9,11-12H2,1H3,(H,26,29)/t15-,20-/m1/s1. The molecule has 0 aromatic heterocycles. The average Bonchev–Trinajstić information content (AvgIpc) is 2.78. The molecule has 3 rings (SSSR count). The molecule has 2 aromatic carbocycles. The van der Waals surface area contributed by atoms with Gasteiger partial charge in [0.25, 0.3) is 5.91 Å². The highest BCUT2D eigenvalue weighted by Crippen LogP contribution is 2.35. The van der Waals surface area contributed by atoms with Gasteiger partial charge in [-0.15, -0.1) is 0 Å². The van der Waals surface area contributed by atoms with Crippen molar-refractivity contribution in [1.29, 1.82) is 0 Å². The number of aliphatic hydroxyl groups excluding tert-OH is 1. The summed E-state index contributed by atoms with van der Waals surface area (Å²) in [5.41, 5.74) is -1.70. The molecule has 0 spiro atoms. The summed E-state index contributed by atoms with van der Waals surface area (Å²) < 4.78 is 85.3. The second-order valence-corrected chi connectivity index (χ2v) is 9.87. The first-order valence-electron chi connectivity index (χ1n) is 10.0. The summed E-state index contributed by atoms with van der Waals surface area (Å²) >= 11 is 0. The number of hydrogen-bond acceptors (Lipinski definition) is 6. The monoisotopic (exact) mass is 506 g/mol. The van der Waals surface area contributed by atoms with Gasteiger partial charge in [0.2, 0.25) is 10.0 Å². The van der Waals surface area contributed by atoms with E-state index in [2.05, 4.69) is 0 Å². The van der Waals surface area contributed by atoms with Crippen molar-refractivity contribution in [3.8, 4) is 5.75 Å². The molecular formula is C21H22F4N2O6S. The number of hydrogen-bond donors (Lipinski definition) is 3. The molecule has 1 aliphatic rings.